The number of hydrogen-bond donors (Lipinski definition) is 1. The zero-order valence-corrected chi connectivity index (χ0v) is 16.0. The molecule has 2 amide bonds. The van der Waals surface area contributed by atoms with Crippen LogP contribution in [0.2, 0.25) is 0 Å². The maximum atomic E-state index is 12.7. The third-order valence-corrected chi connectivity index (χ3v) is 5.25. The number of rotatable bonds is 8. The number of ether oxygens (including phenoxy) is 3. The summed E-state index contributed by atoms with van der Waals surface area (Å²) in [6, 6.07) is 5.42. The number of nitrogens with two attached hydrogens (primary N) is 1. The van der Waals surface area contributed by atoms with E-state index < -0.39 is 17.8 Å². The van der Waals surface area contributed by atoms with Crippen molar-refractivity contribution in [3.05, 3.63) is 29.3 Å². The van der Waals surface area contributed by atoms with Crippen molar-refractivity contribution in [3.63, 3.8) is 0 Å². The van der Waals surface area contributed by atoms with Gasteiger partial charge >= 0.3 is 5.97 Å². The lowest BCUT2D eigenvalue weighted by molar-refractivity contribution is -0.149. The number of carbonyl (C=O) groups is 3. The molecule has 0 radical (unpaired) electrons. The van der Waals surface area contributed by atoms with E-state index in [0.29, 0.717) is 37.0 Å². The number of methoxy groups -OCH3 is 1. The number of benzene rings is 1. The topological polar surface area (TPSA) is 108 Å². The molecular formula is C20H26N2O6. The van der Waals surface area contributed by atoms with Crippen molar-refractivity contribution in [1.29, 1.82) is 0 Å². The zero-order chi connectivity index (χ0) is 20.1. The number of hydrogen-bond acceptors (Lipinski definition) is 6. The molecule has 8 nitrogen and oxygen atoms in total. The lowest BCUT2D eigenvalue weighted by Gasteiger charge is -2.22. The Balaban J connectivity index is 1.63. The van der Waals surface area contributed by atoms with Crippen molar-refractivity contribution in [3.8, 4) is 5.75 Å². The van der Waals surface area contributed by atoms with Gasteiger partial charge in [-0.3, -0.25) is 14.4 Å². The van der Waals surface area contributed by atoms with E-state index in [1.54, 1.807) is 17.0 Å². The van der Waals surface area contributed by atoms with E-state index in [1.807, 2.05) is 6.07 Å². The largest absolute Gasteiger partial charge is 0.493 e. The molecule has 2 unspecified atom stereocenters. The van der Waals surface area contributed by atoms with Gasteiger partial charge in [-0.1, -0.05) is 6.07 Å². The maximum Gasteiger partial charge on any atom is 0.318 e. The highest BCUT2D eigenvalue weighted by Crippen LogP contribution is 2.32. The Morgan fingerprint density at radius 2 is 2.21 bits per heavy atom. The van der Waals surface area contributed by atoms with Crippen LogP contribution in [0.25, 0.3) is 0 Å². The van der Waals surface area contributed by atoms with E-state index >= 15 is 0 Å². The fourth-order valence-corrected chi connectivity index (χ4v) is 3.63. The van der Waals surface area contributed by atoms with Crippen molar-refractivity contribution in [2.75, 3.05) is 33.5 Å². The van der Waals surface area contributed by atoms with Gasteiger partial charge in [0.1, 0.15) is 11.7 Å². The average molecular weight is 390 g/mol. The Kier molecular flexibility index (Phi) is 6.51. The van der Waals surface area contributed by atoms with Gasteiger partial charge in [0, 0.05) is 30.2 Å². The lowest BCUT2D eigenvalue weighted by Crippen LogP contribution is -2.35. The quantitative estimate of drug-likeness (QED) is 0.526. The second kappa shape index (κ2) is 9.05. The smallest absolute Gasteiger partial charge is 0.318 e. The van der Waals surface area contributed by atoms with Crippen LogP contribution in [0.3, 0.4) is 0 Å². The summed E-state index contributed by atoms with van der Waals surface area (Å²) in [6.07, 6.45) is 2.23. The highest BCUT2D eigenvalue weighted by atomic mass is 16.5. The molecule has 1 saturated heterocycles. The van der Waals surface area contributed by atoms with Crippen molar-refractivity contribution >= 4 is 17.8 Å². The van der Waals surface area contributed by atoms with Crippen molar-refractivity contribution in [1.82, 2.24) is 4.90 Å². The van der Waals surface area contributed by atoms with Crippen LogP contribution in [0.15, 0.2) is 18.2 Å². The van der Waals surface area contributed by atoms with Crippen LogP contribution in [0, 0.1) is 11.8 Å². The van der Waals surface area contributed by atoms with Crippen molar-refractivity contribution < 1.29 is 28.6 Å². The monoisotopic (exact) mass is 390 g/mol. The average Bonchev–Trinajstić information content (AvgIpc) is 3.03. The molecule has 0 aromatic heterocycles. The molecular weight excluding hydrogens is 364 g/mol. The van der Waals surface area contributed by atoms with Gasteiger partial charge in [0.2, 0.25) is 5.91 Å². The molecule has 3 rings (SSSR count). The number of nitrogens with zero attached hydrogens (tertiary/aromatic N) is 1. The highest BCUT2D eigenvalue weighted by Gasteiger charge is 2.32. The minimum atomic E-state index is -1.07. The molecule has 0 bridgehead atoms. The van der Waals surface area contributed by atoms with Crippen LogP contribution < -0.4 is 10.5 Å². The Labute approximate surface area is 163 Å². The summed E-state index contributed by atoms with van der Waals surface area (Å²) in [5.41, 5.74) is 6.70. The summed E-state index contributed by atoms with van der Waals surface area (Å²) in [5, 5.41) is 0. The van der Waals surface area contributed by atoms with E-state index in [2.05, 4.69) is 4.74 Å². The molecule has 2 aliphatic rings. The summed E-state index contributed by atoms with van der Waals surface area (Å²) in [5.74, 6) is -1.60. The van der Waals surface area contributed by atoms with Crippen molar-refractivity contribution in [2.24, 2.45) is 17.6 Å². The Morgan fingerprint density at radius 1 is 1.39 bits per heavy atom. The van der Waals surface area contributed by atoms with Gasteiger partial charge < -0.3 is 24.8 Å². The van der Waals surface area contributed by atoms with Gasteiger partial charge in [-0.15, -0.1) is 0 Å². The van der Waals surface area contributed by atoms with E-state index in [-0.39, 0.29) is 18.9 Å². The summed E-state index contributed by atoms with van der Waals surface area (Å²) in [6.45, 7) is 2.65. The molecule has 2 atom stereocenters. The number of fused-ring (bicyclic) bond motifs is 1. The summed E-state index contributed by atoms with van der Waals surface area (Å²) < 4.78 is 16.1. The van der Waals surface area contributed by atoms with E-state index in [9.17, 15) is 14.4 Å². The first-order chi connectivity index (χ1) is 13.5. The van der Waals surface area contributed by atoms with Crippen LogP contribution in [0.4, 0.5) is 0 Å². The molecule has 1 aromatic rings. The van der Waals surface area contributed by atoms with Gasteiger partial charge in [-0.2, -0.15) is 0 Å². The molecule has 2 N–H and O–H groups in total. The van der Waals surface area contributed by atoms with Gasteiger partial charge in [-0.05, 0) is 31.4 Å². The van der Waals surface area contributed by atoms with E-state index in [1.165, 1.54) is 7.11 Å². The number of amides is 2. The predicted octanol–water partition coefficient (Wildman–Crippen LogP) is 1.11. The second-order valence-corrected chi connectivity index (χ2v) is 7.17. The molecule has 0 spiro atoms. The first kappa shape index (κ1) is 20.1. The van der Waals surface area contributed by atoms with Crippen LogP contribution >= 0.6 is 0 Å². The third kappa shape index (κ3) is 4.44. The molecule has 1 fully saturated rings. The molecule has 28 heavy (non-hydrogen) atoms. The molecule has 2 heterocycles. The zero-order valence-electron chi connectivity index (χ0n) is 16.0. The number of primary amides is 1. The minimum Gasteiger partial charge on any atom is -0.493 e. The highest BCUT2D eigenvalue weighted by molar-refractivity contribution is 5.99. The fourth-order valence-electron chi connectivity index (χ4n) is 3.63. The van der Waals surface area contributed by atoms with Gasteiger partial charge in [0.15, 0.2) is 0 Å². The first-order valence-electron chi connectivity index (χ1n) is 9.50. The Bertz CT molecular complexity index is 744. The summed E-state index contributed by atoms with van der Waals surface area (Å²) in [7, 11) is 1.20. The van der Waals surface area contributed by atoms with Gasteiger partial charge in [0.25, 0.3) is 5.91 Å². The van der Waals surface area contributed by atoms with Crippen LogP contribution in [-0.2, 0) is 25.6 Å². The molecule has 152 valence electrons. The van der Waals surface area contributed by atoms with E-state index in [4.69, 9.17) is 15.2 Å². The maximum absolute atomic E-state index is 12.7. The number of carbonyl (C=O) groups excluding carboxylic acids is 3. The molecule has 1 aromatic carbocycles. The second-order valence-electron chi connectivity index (χ2n) is 7.17. The van der Waals surface area contributed by atoms with E-state index in [0.717, 1.165) is 25.0 Å². The fraction of sp³-hybridized carbons (Fsp3) is 0.550. The van der Waals surface area contributed by atoms with Gasteiger partial charge in [-0.25, -0.2) is 0 Å². The predicted molar refractivity (Wildman–Crippen MR) is 99.5 cm³/mol. The Hall–Kier alpha value is -2.61. The molecule has 8 heteroatoms. The van der Waals surface area contributed by atoms with Crippen molar-refractivity contribution in [2.45, 2.75) is 25.8 Å². The SMILES string of the molecule is COC(=O)C(CCN1Cc2c(OCC3CCCOC3)cccc2C1=O)C(N)=O. The third-order valence-electron chi connectivity index (χ3n) is 5.25. The molecule has 0 aliphatic carbocycles. The normalized spacial score (nSPS) is 19.8. The van der Waals surface area contributed by atoms with Crippen LogP contribution in [-0.4, -0.2) is 56.2 Å². The standard InChI is InChI=1S/C20H26N2O6/c1-26-20(25)15(18(21)23)7-8-22-10-16-14(19(22)24)5-2-6-17(16)28-12-13-4-3-9-27-11-13/h2,5-6,13,15H,3-4,7-12H2,1H3,(H2,21,23). The first-order valence-corrected chi connectivity index (χ1v) is 9.50. The molecule has 2 aliphatic heterocycles. The number of esters is 1. The van der Waals surface area contributed by atoms with Crippen LogP contribution in [0.1, 0.15) is 35.2 Å². The summed E-state index contributed by atoms with van der Waals surface area (Å²) in [4.78, 5) is 37.5. The summed E-state index contributed by atoms with van der Waals surface area (Å²) >= 11 is 0. The Morgan fingerprint density at radius 3 is 2.89 bits per heavy atom. The van der Waals surface area contributed by atoms with Crippen LogP contribution in [0.5, 0.6) is 5.75 Å². The minimum absolute atomic E-state index is 0.122. The lowest BCUT2D eigenvalue weighted by atomic mass is 10.0. The van der Waals surface area contributed by atoms with Gasteiger partial charge in [0.05, 0.1) is 26.9 Å². The molecule has 0 saturated carbocycles.